The summed E-state index contributed by atoms with van der Waals surface area (Å²) < 4.78 is 45.9. The Morgan fingerprint density at radius 2 is 1.76 bits per heavy atom. The SMILES string of the molecule is COc1ccc(-c2nnc(SC)n2-c2cccc(C(F)(F)F)c2)cc1. The Kier molecular flexibility index (Phi) is 4.71. The molecule has 0 radical (unpaired) electrons. The molecule has 0 N–H and O–H groups in total. The fourth-order valence-corrected chi connectivity index (χ4v) is 2.88. The van der Waals surface area contributed by atoms with Crippen LogP contribution < -0.4 is 4.74 Å². The number of aromatic nitrogens is 3. The Morgan fingerprint density at radius 3 is 2.36 bits per heavy atom. The van der Waals surface area contributed by atoms with Crippen LogP contribution in [0.25, 0.3) is 17.1 Å². The summed E-state index contributed by atoms with van der Waals surface area (Å²) in [4.78, 5) is 0. The Labute approximate surface area is 146 Å². The lowest BCUT2D eigenvalue weighted by Gasteiger charge is -2.12. The van der Waals surface area contributed by atoms with Crippen molar-refractivity contribution < 1.29 is 17.9 Å². The lowest BCUT2D eigenvalue weighted by atomic mass is 10.1. The van der Waals surface area contributed by atoms with Gasteiger partial charge in [0.25, 0.3) is 0 Å². The first kappa shape index (κ1) is 17.3. The van der Waals surface area contributed by atoms with Crippen molar-refractivity contribution in [2.45, 2.75) is 11.3 Å². The molecule has 4 nitrogen and oxygen atoms in total. The first-order valence-electron chi connectivity index (χ1n) is 7.25. The van der Waals surface area contributed by atoms with Crippen LogP contribution >= 0.6 is 11.8 Å². The zero-order valence-electron chi connectivity index (χ0n) is 13.4. The summed E-state index contributed by atoms with van der Waals surface area (Å²) in [7, 11) is 1.56. The van der Waals surface area contributed by atoms with Gasteiger partial charge < -0.3 is 4.74 Å². The van der Waals surface area contributed by atoms with E-state index in [0.717, 1.165) is 17.7 Å². The van der Waals surface area contributed by atoms with E-state index in [2.05, 4.69) is 10.2 Å². The van der Waals surface area contributed by atoms with Crippen LogP contribution in [0.4, 0.5) is 13.2 Å². The van der Waals surface area contributed by atoms with Gasteiger partial charge in [-0.15, -0.1) is 10.2 Å². The van der Waals surface area contributed by atoms with Gasteiger partial charge in [-0.05, 0) is 48.7 Å². The van der Waals surface area contributed by atoms with Crippen molar-refractivity contribution in [3.8, 4) is 22.8 Å². The predicted molar refractivity (Wildman–Crippen MR) is 90.1 cm³/mol. The molecule has 0 saturated heterocycles. The minimum Gasteiger partial charge on any atom is -0.497 e. The van der Waals surface area contributed by atoms with E-state index in [4.69, 9.17) is 4.74 Å². The third-order valence-corrected chi connectivity index (χ3v) is 4.23. The lowest BCUT2D eigenvalue weighted by Crippen LogP contribution is -2.07. The molecular formula is C17H14F3N3OS. The van der Waals surface area contributed by atoms with Crippen LogP contribution in [0, 0.1) is 0 Å². The summed E-state index contributed by atoms with van der Waals surface area (Å²) in [6, 6.07) is 12.2. The van der Waals surface area contributed by atoms with Gasteiger partial charge in [-0.2, -0.15) is 13.2 Å². The molecule has 0 aliphatic heterocycles. The maximum Gasteiger partial charge on any atom is 0.416 e. The average molecular weight is 365 g/mol. The first-order valence-corrected chi connectivity index (χ1v) is 8.48. The Morgan fingerprint density at radius 1 is 1.04 bits per heavy atom. The molecule has 3 aromatic rings. The van der Waals surface area contributed by atoms with Crippen molar-refractivity contribution in [3.05, 3.63) is 54.1 Å². The molecule has 0 spiro atoms. The second-order valence-corrected chi connectivity index (χ2v) is 5.90. The summed E-state index contributed by atoms with van der Waals surface area (Å²) in [6.45, 7) is 0. The number of nitrogens with zero attached hydrogens (tertiary/aromatic N) is 3. The molecule has 0 atom stereocenters. The largest absolute Gasteiger partial charge is 0.497 e. The number of methoxy groups -OCH3 is 1. The van der Waals surface area contributed by atoms with Crippen LogP contribution in [-0.2, 0) is 6.18 Å². The summed E-state index contributed by atoms with van der Waals surface area (Å²) in [5, 5.41) is 8.74. The van der Waals surface area contributed by atoms with Gasteiger partial charge in [-0.3, -0.25) is 4.57 Å². The van der Waals surface area contributed by atoms with Gasteiger partial charge in [0.2, 0.25) is 0 Å². The van der Waals surface area contributed by atoms with Crippen LogP contribution in [0.1, 0.15) is 5.56 Å². The van der Waals surface area contributed by atoms with Crippen LogP contribution in [-0.4, -0.2) is 28.1 Å². The summed E-state index contributed by atoms with van der Waals surface area (Å²) in [6.07, 6.45) is -2.62. The molecule has 3 rings (SSSR count). The highest BCUT2D eigenvalue weighted by molar-refractivity contribution is 7.98. The molecular weight excluding hydrogens is 351 g/mol. The Bertz CT molecular complexity index is 876. The fourth-order valence-electron chi connectivity index (χ4n) is 2.38. The highest BCUT2D eigenvalue weighted by Gasteiger charge is 2.31. The van der Waals surface area contributed by atoms with Gasteiger partial charge in [-0.25, -0.2) is 0 Å². The van der Waals surface area contributed by atoms with E-state index < -0.39 is 11.7 Å². The number of hydrogen-bond donors (Lipinski definition) is 0. The van der Waals surface area contributed by atoms with Gasteiger partial charge in [0, 0.05) is 5.56 Å². The minimum absolute atomic E-state index is 0.356. The minimum atomic E-state index is -4.41. The van der Waals surface area contributed by atoms with E-state index in [9.17, 15) is 13.2 Å². The summed E-state index contributed by atoms with van der Waals surface area (Å²) >= 11 is 1.31. The summed E-state index contributed by atoms with van der Waals surface area (Å²) in [5.41, 5.74) is 0.368. The van der Waals surface area contributed by atoms with E-state index in [1.165, 1.54) is 17.8 Å². The zero-order chi connectivity index (χ0) is 18.0. The van der Waals surface area contributed by atoms with Gasteiger partial charge in [-0.1, -0.05) is 17.8 Å². The number of hydrogen-bond acceptors (Lipinski definition) is 4. The second-order valence-electron chi connectivity index (χ2n) is 5.12. The van der Waals surface area contributed by atoms with Crippen LogP contribution in [0.15, 0.2) is 53.7 Å². The molecule has 1 heterocycles. The fraction of sp³-hybridized carbons (Fsp3) is 0.176. The third kappa shape index (κ3) is 3.48. The number of halogens is 3. The number of ether oxygens (including phenoxy) is 1. The van der Waals surface area contributed by atoms with Crippen LogP contribution in [0.2, 0.25) is 0 Å². The van der Waals surface area contributed by atoms with Crippen molar-refractivity contribution >= 4 is 11.8 Å². The topological polar surface area (TPSA) is 39.9 Å². The van der Waals surface area contributed by atoms with E-state index in [-0.39, 0.29) is 0 Å². The molecule has 130 valence electrons. The quantitative estimate of drug-likeness (QED) is 0.629. The van der Waals surface area contributed by atoms with E-state index in [0.29, 0.717) is 22.4 Å². The predicted octanol–water partition coefficient (Wildman–Crippen LogP) is 4.68. The van der Waals surface area contributed by atoms with E-state index in [1.807, 2.05) is 0 Å². The highest BCUT2D eigenvalue weighted by Crippen LogP contribution is 2.33. The number of alkyl halides is 3. The van der Waals surface area contributed by atoms with Crippen molar-refractivity contribution in [1.29, 1.82) is 0 Å². The van der Waals surface area contributed by atoms with Crippen LogP contribution in [0.3, 0.4) is 0 Å². The van der Waals surface area contributed by atoms with Crippen molar-refractivity contribution in [1.82, 2.24) is 14.8 Å². The number of benzene rings is 2. The maximum atomic E-state index is 13.0. The first-order chi connectivity index (χ1) is 11.9. The van der Waals surface area contributed by atoms with Gasteiger partial charge in [0.15, 0.2) is 11.0 Å². The van der Waals surface area contributed by atoms with Gasteiger partial charge in [0.1, 0.15) is 5.75 Å². The third-order valence-electron chi connectivity index (χ3n) is 3.60. The van der Waals surface area contributed by atoms with Gasteiger partial charge >= 0.3 is 6.18 Å². The molecule has 8 heteroatoms. The zero-order valence-corrected chi connectivity index (χ0v) is 14.2. The Hall–Kier alpha value is -2.48. The average Bonchev–Trinajstić information content (AvgIpc) is 3.05. The van der Waals surface area contributed by atoms with Crippen molar-refractivity contribution in [2.24, 2.45) is 0 Å². The molecule has 0 bridgehead atoms. The number of rotatable bonds is 4. The van der Waals surface area contributed by atoms with E-state index >= 15 is 0 Å². The normalized spacial score (nSPS) is 11.6. The molecule has 2 aromatic carbocycles. The van der Waals surface area contributed by atoms with E-state index in [1.54, 1.807) is 48.3 Å². The number of thioether (sulfide) groups is 1. The molecule has 0 unspecified atom stereocenters. The molecule has 1 aromatic heterocycles. The monoisotopic (exact) mass is 365 g/mol. The maximum absolute atomic E-state index is 13.0. The molecule has 25 heavy (non-hydrogen) atoms. The van der Waals surface area contributed by atoms with Gasteiger partial charge in [0.05, 0.1) is 18.4 Å². The van der Waals surface area contributed by atoms with Crippen molar-refractivity contribution in [2.75, 3.05) is 13.4 Å². The molecule has 0 fully saturated rings. The summed E-state index contributed by atoms with van der Waals surface area (Å²) in [5.74, 6) is 1.14. The molecule has 0 saturated carbocycles. The Balaban J connectivity index is 2.14. The molecule has 0 amide bonds. The second kappa shape index (κ2) is 6.79. The lowest BCUT2D eigenvalue weighted by molar-refractivity contribution is -0.137. The molecule has 0 aliphatic rings. The van der Waals surface area contributed by atoms with Crippen molar-refractivity contribution in [3.63, 3.8) is 0 Å². The highest BCUT2D eigenvalue weighted by atomic mass is 32.2. The molecule has 0 aliphatic carbocycles. The standard InChI is InChI=1S/C17H14F3N3OS/c1-24-14-8-6-11(7-9-14)15-21-22-16(25-2)23(15)13-5-3-4-12(10-13)17(18,19)20/h3-10H,1-2H3. The van der Waals surface area contributed by atoms with Crippen LogP contribution in [0.5, 0.6) is 5.75 Å². The smallest absolute Gasteiger partial charge is 0.416 e.